The maximum Gasteiger partial charge on any atom is 0.252 e. The van der Waals surface area contributed by atoms with E-state index in [-0.39, 0.29) is 11.3 Å². The SMILES string of the molecule is CN(C)S(=O)(=O)Cc1ccc(Nc2cc(NCc3cccc(-c4ccncc4)c3)c(C(N)=O)cn2)cc1. The molecule has 2 aromatic carbocycles. The summed E-state index contributed by atoms with van der Waals surface area (Å²) in [6.07, 6.45) is 4.94. The van der Waals surface area contributed by atoms with Crippen LogP contribution in [0.5, 0.6) is 0 Å². The van der Waals surface area contributed by atoms with E-state index in [1.54, 1.807) is 42.7 Å². The van der Waals surface area contributed by atoms with Crippen molar-refractivity contribution in [3.8, 4) is 11.1 Å². The highest BCUT2D eigenvalue weighted by atomic mass is 32.2. The summed E-state index contributed by atoms with van der Waals surface area (Å²) in [6, 6.07) is 20.8. The number of primary amides is 1. The first-order chi connectivity index (χ1) is 17.7. The molecule has 0 aliphatic rings. The highest BCUT2D eigenvalue weighted by Gasteiger charge is 2.15. The summed E-state index contributed by atoms with van der Waals surface area (Å²) in [7, 11) is -0.324. The zero-order valence-corrected chi connectivity index (χ0v) is 21.4. The number of sulfonamides is 1. The van der Waals surface area contributed by atoms with Crippen molar-refractivity contribution >= 4 is 33.1 Å². The Bertz CT molecular complexity index is 1490. The number of aromatic nitrogens is 2. The van der Waals surface area contributed by atoms with Crippen molar-refractivity contribution in [1.82, 2.24) is 14.3 Å². The highest BCUT2D eigenvalue weighted by molar-refractivity contribution is 7.88. The van der Waals surface area contributed by atoms with E-state index in [1.807, 2.05) is 30.3 Å². The van der Waals surface area contributed by atoms with Gasteiger partial charge in [0.05, 0.1) is 17.0 Å². The Morgan fingerprint density at radius 1 is 0.946 bits per heavy atom. The van der Waals surface area contributed by atoms with E-state index < -0.39 is 15.9 Å². The number of hydrogen-bond acceptors (Lipinski definition) is 7. The van der Waals surface area contributed by atoms with Gasteiger partial charge in [-0.05, 0) is 52.6 Å². The van der Waals surface area contributed by atoms with E-state index in [1.165, 1.54) is 24.6 Å². The van der Waals surface area contributed by atoms with Crippen LogP contribution in [-0.4, -0.2) is 42.7 Å². The van der Waals surface area contributed by atoms with E-state index in [9.17, 15) is 13.2 Å². The van der Waals surface area contributed by atoms with Crippen LogP contribution in [0.15, 0.2) is 85.3 Å². The van der Waals surface area contributed by atoms with Crippen LogP contribution >= 0.6 is 0 Å². The summed E-state index contributed by atoms with van der Waals surface area (Å²) in [4.78, 5) is 20.4. The largest absolute Gasteiger partial charge is 0.380 e. The number of carbonyl (C=O) groups is 1. The fourth-order valence-corrected chi connectivity index (χ4v) is 4.51. The van der Waals surface area contributed by atoms with Gasteiger partial charge in [0.15, 0.2) is 0 Å². The Labute approximate surface area is 216 Å². The summed E-state index contributed by atoms with van der Waals surface area (Å²) in [6.45, 7) is 0.470. The first-order valence-corrected chi connectivity index (χ1v) is 13.1. The molecule has 4 rings (SSSR count). The number of nitrogens with two attached hydrogens (primary N) is 1. The van der Waals surface area contributed by atoms with Crippen LogP contribution in [0, 0.1) is 0 Å². The van der Waals surface area contributed by atoms with Crippen molar-refractivity contribution < 1.29 is 13.2 Å². The fourth-order valence-electron chi connectivity index (χ4n) is 3.64. The van der Waals surface area contributed by atoms with Crippen molar-refractivity contribution in [1.29, 1.82) is 0 Å². The summed E-state index contributed by atoms with van der Waals surface area (Å²) in [5, 5.41) is 6.48. The number of anilines is 3. The standard InChI is InChI=1S/C27H28N6O3S/c1-33(2)37(35,36)18-19-6-8-23(9-7-19)32-26-15-25(24(17-31-26)27(28)34)30-16-20-4-3-5-22(14-20)21-10-12-29-13-11-21/h3-15,17H,16,18H2,1-2H3,(H2,28,34)(H2,30,31,32). The minimum absolute atomic E-state index is 0.0811. The second-order valence-electron chi connectivity index (χ2n) is 8.63. The minimum atomic E-state index is -3.34. The molecule has 0 bridgehead atoms. The zero-order valence-electron chi connectivity index (χ0n) is 20.5. The number of carbonyl (C=O) groups excluding carboxylic acids is 1. The Morgan fingerprint density at radius 3 is 2.35 bits per heavy atom. The third-order valence-corrected chi connectivity index (χ3v) is 7.54. The quantitative estimate of drug-likeness (QED) is 0.290. The minimum Gasteiger partial charge on any atom is -0.380 e. The number of rotatable bonds is 10. The summed E-state index contributed by atoms with van der Waals surface area (Å²) in [5.41, 5.74) is 11.0. The molecule has 0 saturated carbocycles. The maximum absolute atomic E-state index is 12.1. The Morgan fingerprint density at radius 2 is 1.68 bits per heavy atom. The van der Waals surface area contributed by atoms with Gasteiger partial charge < -0.3 is 16.4 Å². The van der Waals surface area contributed by atoms with Crippen LogP contribution < -0.4 is 16.4 Å². The molecule has 0 fully saturated rings. The molecule has 1 amide bonds. The topological polar surface area (TPSA) is 130 Å². The first kappa shape index (κ1) is 25.8. The third kappa shape index (κ3) is 6.69. The molecule has 2 aromatic heterocycles. The van der Waals surface area contributed by atoms with Gasteiger partial charge in [-0.3, -0.25) is 9.78 Å². The lowest BCUT2D eigenvalue weighted by molar-refractivity contribution is 0.100. The third-order valence-electron chi connectivity index (χ3n) is 5.72. The van der Waals surface area contributed by atoms with Gasteiger partial charge in [0, 0.05) is 51.0 Å². The predicted molar refractivity (Wildman–Crippen MR) is 146 cm³/mol. The molecule has 37 heavy (non-hydrogen) atoms. The molecule has 4 N–H and O–H groups in total. The smallest absolute Gasteiger partial charge is 0.252 e. The number of amides is 1. The number of hydrogen-bond donors (Lipinski definition) is 3. The van der Waals surface area contributed by atoms with Crippen LogP contribution in [0.25, 0.3) is 11.1 Å². The van der Waals surface area contributed by atoms with E-state index in [0.717, 1.165) is 22.4 Å². The number of nitrogens with zero attached hydrogens (tertiary/aromatic N) is 3. The zero-order chi connectivity index (χ0) is 26.4. The first-order valence-electron chi connectivity index (χ1n) is 11.5. The van der Waals surface area contributed by atoms with E-state index in [2.05, 4.69) is 26.7 Å². The van der Waals surface area contributed by atoms with Crippen molar-refractivity contribution in [3.05, 3.63) is 102 Å². The van der Waals surface area contributed by atoms with Gasteiger partial charge in [-0.25, -0.2) is 17.7 Å². The van der Waals surface area contributed by atoms with Crippen molar-refractivity contribution in [3.63, 3.8) is 0 Å². The van der Waals surface area contributed by atoms with E-state index >= 15 is 0 Å². The summed E-state index contributed by atoms with van der Waals surface area (Å²) < 4.78 is 25.4. The van der Waals surface area contributed by atoms with Crippen LogP contribution in [0.1, 0.15) is 21.5 Å². The molecule has 0 unspecified atom stereocenters. The van der Waals surface area contributed by atoms with Crippen molar-refractivity contribution in [2.24, 2.45) is 5.73 Å². The second-order valence-corrected chi connectivity index (χ2v) is 10.8. The molecule has 0 radical (unpaired) electrons. The molecular formula is C27H28N6O3S. The van der Waals surface area contributed by atoms with E-state index in [4.69, 9.17) is 5.73 Å². The average molecular weight is 517 g/mol. The monoisotopic (exact) mass is 516 g/mol. The lowest BCUT2D eigenvalue weighted by atomic mass is 10.0. The molecule has 0 spiro atoms. The van der Waals surface area contributed by atoms with Crippen LogP contribution in [-0.2, 0) is 22.3 Å². The highest BCUT2D eigenvalue weighted by Crippen LogP contribution is 2.24. The van der Waals surface area contributed by atoms with Crippen LogP contribution in [0.2, 0.25) is 0 Å². The van der Waals surface area contributed by atoms with Crippen LogP contribution in [0.4, 0.5) is 17.2 Å². The molecule has 10 heteroatoms. The average Bonchev–Trinajstić information content (AvgIpc) is 2.89. The summed E-state index contributed by atoms with van der Waals surface area (Å²) >= 11 is 0. The molecule has 0 aliphatic carbocycles. The molecule has 0 atom stereocenters. The normalized spacial score (nSPS) is 11.3. The molecule has 0 aliphatic heterocycles. The number of benzene rings is 2. The fraction of sp³-hybridized carbons (Fsp3) is 0.148. The number of pyridine rings is 2. The Balaban J connectivity index is 1.49. The Kier molecular flexibility index (Phi) is 7.80. The van der Waals surface area contributed by atoms with Gasteiger partial charge in [0.2, 0.25) is 10.0 Å². The van der Waals surface area contributed by atoms with Gasteiger partial charge >= 0.3 is 0 Å². The molecule has 190 valence electrons. The van der Waals surface area contributed by atoms with Crippen molar-refractivity contribution in [2.75, 3.05) is 24.7 Å². The predicted octanol–water partition coefficient (Wildman–Crippen LogP) is 3.99. The van der Waals surface area contributed by atoms with Crippen LogP contribution in [0.3, 0.4) is 0 Å². The molecule has 2 heterocycles. The van der Waals surface area contributed by atoms with Gasteiger partial charge in [0.25, 0.3) is 5.91 Å². The second kappa shape index (κ2) is 11.2. The van der Waals surface area contributed by atoms with Crippen molar-refractivity contribution in [2.45, 2.75) is 12.3 Å². The molecule has 0 saturated heterocycles. The van der Waals surface area contributed by atoms with Gasteiger partial charge in [0.1, 0.15) is 5.82 Å². The lowest BCUT2D eigenvalue weighted by Crippen LogP contribution is -2.23. The Hall–Kier alpha value is -4.28. The lowest BCUT2D eigenvalue weighted by Gasteiger charge is -2.14. The summed E-state index contributed by atoms with van der Waals surface area (Å²) in [5.74, 6) is -0.160. The molecule has 4 aromatic rings. The van der Waals surface area contributed by atoms with Gasteiger partial charge in [-0.1, -0.05) is 30.3 Å². The molecular weight excluding hydrogens is 488 g/mol. The van der Waals surface area contributed by atoms with Gasteiger partial charge in [-0.15, -0.1) is 0 Å². The maximum atomic E-state index is 12.1. The number of nitrogens with one attached hydrogen (secondary N) is 2. The van der Waals surface area contributed by atoms with E-state index in [0.29, 0.717) is 23.6 Å². The van der Waals surface area contributed by atoms with Gasteiger partial charge in [-0.2, -0.15) is 0 Å². The molecule has 9 nitrogen and oxygen atoms in total.